The van der Waals surface area contributed by atoms with Crippen LogP contribution in [0.4, 0.5) is 17.1 Å². The monoisotopic (exact) mass is 323 g/mol. The number of benzene rings is 1. The highest BCUT2D eigenvalue weighted by Crippen LogP contribution is 2.40. The van der Waals surface area contributed by atoms with Gasteiger partial charge in [-0.15, -0.1) is 0 Å². The molecule has 0 aromatic heterocycles. The lowest BCUT2D eigenvalue weighted by Gasteiger charge is -2.40. The fraction of sp³-hybridized carbons (Fsp3) is 0.500. The number of piperidine rings is 1. The number of hydrogen-bond acceptors (Lipinski definition) is 6. The van der Waals surface area contributed by atoms with Crippen molar-refractivity contribution >= 4 is 23.0 Å². The number of carboxylic acids is 1. The Hall–Kier alpha value is -2.71. The summed E-state index contributed by atoms with van der Waals surface area (Å²) in [5.41, 5.74) is -1.60. The Kier molecular flexibility index (Phi) is 4.48. The second-order valence-corrected chi connectivity index (χ2v) is 5.72. The van der Waals surface area contributed by atoms with Gasteiger partial charge in [0.05, 0.1) is 21.5 Å². The quantitative estimate of drug-likeness (QED) is 0.666. The minimum atomic E-state index is -1.42. The Morgan fingerprint density at radius 1 is 1.17 bits per heavy atom. The lowest BCUT2D eigenvalue weighted by atomic mass is 9.94. The molecule has 9 nitrogen and oxygen atoms in total. The molecule has 1 N–H and O–H groups in total. The molecule has 2 atom stereocenters. The van der Waals surface area contributed by atoms with E-state index in [1.165, 1.54) is 0 Å². The van der Waals surface area contributed by atoms with Crippen LogP contribution in [-0.2, 0) is 0 Å². The molecule has 124 valence electrons. The van der Waals surface area contributed by atoms with Crippen molar-refractivity contribution in [2.75, 3.05) is 4.90 Å². The molecule has 0 aliphatic carbocycles. The topological polar surface area (TPSA) is 127 Å². The second-order valence-electron chi connectivity index (χ2n) is 5.72. The summed E-state index contributed by atoms with van der Waals surface area (Å²) in [4.78, 5) is 34.0. The molecule has 0 spiro atoms. The van der Waals surface area contributed by atoms with E-state index in [-0.39, 0.29) is 17.8 Å². The minimum Gasteiger partial charge on any atom is -0.478 e. The van der Waals surface area contributed by atoms with Crippen molar-refractivity contribution in [2.24, 2.45) is 0 Å². The maximum absolute atomic E-state index is 11.6. The number of aromatic carboxylic acids is 1. The molecule has 1 fully saturated rings. The van der Waals surface area contributed by atoms with Gasteiger partial charge in [0.2, 0.25) is 0 Å². The highest BCUT2D eigenvalue weighted by atomic mass is 16.6. The molecule has 1 aliphatic rings. The molecule has 1 heterocycles. The second kappa shape index (κ2) is 6.19. The third kappa shape index (κ3) is 3.08. The van der Waals surface area contributed by atoms with Crippen molar-refractivity contribution in [1.29, 1.82) is 0 Å². The highest BCUT2D eigenvalue weighted by Gasteiger charge is 2.36. The predicted molar refractivity (Wildman–Crippen MR) is 82.0 cm³/mol. The summed E-state index contributed by atoms with van der Waals surface area (Å²) in [6, 6.07) is 1.54. The Morgan fingerprint density at radius 2 is 1.74 bits per heavy atom. The Labute approximate surface area is 131 Å². The molecular weight excluding hydrogens is 306 g/mol. The number of carboxylic acid groups (broad SMARTS) is 1. The predicted octanol–water partition coefficient (Wildman–Crippen LogP) is 2.97. The van der Waals surface area contributed by atoms with Crippen molar-refractivity contribution in [3.05, 3.63) is 37.9 Å². The summed E-state index contributed by atoms with van der Waals surface area (Å²) in [5.74, 6) is -1.42. The van der Waals surface area contributed by atoms with Gasteiger partial charge in [0, 0.05) is 18.2 Å². The van der Waals surface area contributed by atoms with Crippen molar-refractivity contribution in [3.63, 3.8) is 0 Å². The number of carbonyl (C=O) groups is 1. The van der Waals surface area contributed by atoms with Crippen LogP contribution in [0, 0.1) is 20.2 Å². The zero-order valence-electron chi connectivity index (χ0n) is 12.8. The van der Waals surface area contributed by atoms with E-state index in [9.17, 15) is 30.1 Å². The zero-order chi connectivity index (χ0) is 17.3. The standard InChI is InChI=1S/C14H17N3O6/c1-8-4-3-5-9(2)15(8)13-11(14(18)19)6-10(16(20)21)7-12(13)17(22)23/h6-9H,3-5H2,1-2H3,(H,18,19). The number of nitro groups is 2. The van der Waals surface area contributed by atoms with E-state index < -0.39 is 32.8 Å². The smallest absolute Gasteiger partial charge is 0.338 e. The van der Waals surface area contributed by atoms with Gasteiger partial charge in [-0.2, -0.15) is 0 Å². The average molecular weight is 323 g/mol. The zero-order valence-corrected chi connectivity index (χ0v) is 12.8. The van der Waals surface area contributed by atoms with Crippen LogP contribution >= 0.6 is 0 Å². The van der Waals surface area contributed by atoms with Crippen LogP contribution in [0.1, 0.15) is 43.5 Å². The summed E-state index contributed by atoms with van der Waals surface area (Å²) in [6.07, 6.45) is 2.50. The molecule has 1 saturated heterocycles. The summed E-state index contributed by atoms with van der Waals surface area (Å²) in [5, 5.41) is 31.7. The molecule has 9 heteroatoms. The third-order valence-corrected chi connectivity index (χ3v) is 4.16. The summed E-state index contributed by atoms with van der Waals surface area (Å²) < 4.78 is 0. The third-order valence-electron chi connectivity index (χ3n) is 4.16. The van der Waals surface area contributed by atoms with Crippen LogP contribution in [0.3, 0.4) is 0 Å². The molecule has 23 heavy (non-hydrogen) atoms. The number of nitrogens with zero attached hydrogens (tertiary/aromatic N) is 3. The number of rotatable bonds is 4. The Morgan fingerprint density at radius 3 is 2.17 bits per heavy atom. The lowest BCUT2D eigenvalue weighted by molar-refractivity contribution is -0.393. The number of hydrogen-bond donors (Lipinski definition) is 1. The maximum Gasteiger partial charge on any atom is 0.338 e. The number of non-ortho nitro benzene ring substituents is 1. The minimum absolute atomic E-state index is 0.0483. The normalized spacial score (nSPS) is 21.0. The molecule has 0 radical (unpaired) electrons. The van der Waals surface area contributed by atoms with Gasteiger partial charge in [-0.3, -0.25) is 20.2 Å². The van der Waals surface area contributed by atoms with Crippen molar-refractivity contribution in [1.82, 2.24) is 0 Å². The van der Waals surface area contributed by atoms with Gasteiger partial charge < -0.3 is 10.0 Å². The van der Waals surface area contributed by atoms with E-state index in [2.05, 4.69) is 0 Å². The maximum atomic E-state index is 11.6. The molecule has 0 bridgehead atoms. The van der Waals surface area contributed by atoms with Gasteiger partial charge in [0.1, 0.15) is 5.69 Å². The molecule has 2 unspecified atom stereocenters. The van der Waals surface area contributed by atoms with E-state index in [0.717, 1.165) is 31.4 Å². The lowest BCUT2D eigenvalue weighted by Crippen LogP contribution is -2.44. The van der Waals surface area contributed by atoms with Crippen LogP contribution in [-0.4, -0.2) is 33.0 Å². The van der Waals surface area contributed by atoms with Crippen LogP contribution in [0.25, 0.3) is 0 Å². The van der Waals surface area contributed by atoms with E-state index >= 15 is 0 Å². The van der Waals surface area contributed by atoms with Crippen LogP contribution < -0.4 is 4.90 Å². The number of nitro benzene ring substituents is 2. The summed E-state index contributed by atoms with van der Waals surface area (Å²) >= 11 is 0. The van der Waals surface area contributed by atoms with E-state index in [0.29, 0.717) is 0 Å². The first-order chi connectivity index (χ1) is 10.7. The van der Waals surface area contributed by atoms with Gasteiger partial charge in [-0.1, -0.05) is 0 Å². The van der Waals surface area contributed by atoms with Gasteiger partial charge >= 0.3 is 5.97 Å². The van der Waals surface area contributed by atoms with Gasteiger partial charge in [0.15, 0.2) is 0 Å². The van der Waals surface area contributed by atoms with Crippen molar-refractivity contribution in [2.45, 2.75) is 45.2 Å². The Bertz CT molecular complexity index is 629. The first kappa shape index (κ1) is 16.7. The molecule has 2 rings (SSSR count). The van der Waals surface area contributed by atoms with E-state index in [1.54, 1.807) is 4.90 Å². The fourth-order valence-corrected chi connectivity index (χ4v) is 3.15. The van der Waals surface area contributed by atoms with Crippen molar-refractivity contribution < 1.29 is 19.7 Å². The fourth-order valence-electron chi connectivity index (χ4n) is 3.15. The first-order valence-corrected chi connectivity index (χ1v) is 7.22. The number of anilines is 1. The van der Waals surface area contributed by atoms with E-state index in [4.69, 9.17) is 0 Å². The molecule has 0 amide bonds. The van der Waals surface area contributed by atoms with Crippen molar-refractivity contribution in [3.8, 4) is 0 Å². The summed E-state index contributed by atoms with van der Waals surface area (Å²) in [7, 11) is 0. The average Bonchev–Trinajstić information content (AvgIpc) is 2.46. The van der Waals surface area contributed by atoms with Crippen LogP contribution in [0.5, 0.6) is 0 Å². The van der Waals surface area contributed by atoms with E-state index in [1.807, 2.05) is 13.8 Å². The van der Waals surface area contributed by atoms with Crippen LogP contribution in [0.15, 0.2) is 12.1 Å². The largest absolute Gasteiger partial charge is 0.478 e. The molecule has 1 aliphatic heterocycles. The Balaban J connectivity index is 2.75. The van der Waals surface area contributed by atoms with Gasteiger partial charge in [-0.05, 0) is 33.1 Å². The molecule has 0 saturated carbocycles. The highest BCUT2D eigenvalue weighted by molar-refractivity contribution is 5.98. The first-order valence-electron chi connectivity index (χ1n) is 7.22. The SMILES string of the molecule is CC1CCCC(C)N1c1c(C(=O)O)cc([N+](=O)[O-])cc1[N+](=O)[O-]. The molecule has 1 aromatic rings. The summed E-state index contributed by atoms with van der Waals surface area (Å²) in [6.45, 7) is 3.73. The van der Waals surface area contributed by atoms with Gasteiger partial charge in [-0.25, -0.2) is 4.79 Å². The molecular formula is C14H17N3O6. The van der Waals surface area contributed by atoms with Gasteiger partial charge in [0.25, 0.3) is 11.4 Å². The van der Waals surface area contributed by atoms with Crippen LogP contribution in [0.2, 0.25) is 0 Å². The molecule has 1 aromatic carbocycles.